The molecule has 0 aliphatic carbocycles. The number of carboxylic acids is 1. The summed E-state index contributed by atoms with van der Waals surface area (Å²) in [4.78, 5) is 21.7. The van der Waals surface area contributed by atoms with Gasteiger partial charge in [-0.05, 0) is 31.2 Å². The highest BCUT2D eigenvalue weighted by atomic mass is 32.2. The molecular weight excluding hydrogens is 496 g/mol. The van der Waals surface area contributed by atoms with E-state index in [2.05, 4.69) is 9.97 Å². The Bertz CT molecular complexity index is 1330. The number of rotatable bonds is 7. The van der Waals surface area contributed by atoms with Crippen molar-refractivity contribution in [1.29, 1.82) is 0 Å². The fourth-order valence-electron chi connectivity index (χ4n) is 3.11. The Morgan fingerprint density at radius 3 is 2.64 bits per heavy atom. The minimum atomic E-state index is -4.74. The van der Waals surface area contributed by atoms with Gasteiger partial charge in [0.15, 0.2) is 0 Å². The number of para-hydroxylation sites is 1. The summed E-state index contributed by atoms with van der Waals surface area (Å²) < 4.78 is 53.4. The lowest BCUT2D eigenvalue weighted by Gasteiger charge is -2.08. The van der Waals surface area contributed by atoms with Crippen molar-refractivity contribution in [3.63, 3.8) is 0 Å². The normalized spacial score (nSPS) is 11.9. The van der Waals surface area contributed by atoms with Gasteiger partial charge in [-0.1, -0.05) is 12.1 Å². The number of aryl methyl sites for hydroxylation is 2. The molecule has 4 aromatic rings. The zero-order valence-electron chi connectivity index (χ0n) is 17.1. The third-order valence-corrected chi connectivity index (χ3v) is 8.29. The molecule has 172 valence electrons. The van der Waals surface area contributed by atoms with Crippen molar-refractivity contribution in [3.8, 4) is 10.6 Å². The van der Waals surface area contributed by atoms with Crippen molar-refractivity contribution in [2.45, 2.75) is 36.6 Å². The summed E-state index contributed by atoms with van der Waals surface area (Å²) in [5.74, 6) is -1.63. The van der Waals surface area contributed by atoms with E-state index < -0.39 is 23.5 Å². The van der Waals surface area contributed by atoms with Crippen LogP contribution in [0.2, 0.25) is 0 Å². The predicted molar refractivity (Wildman–Crippen MR) is 122 cm³/mol. The molecule has 2 aromatic heterocycles. The number of hydrogen-bond acceptors (Lipinski definition) is 6. The molecule has 0 radical (unpaired) electrons. The number of carboxylic acid groups (broad SMARTS) is 1. The molecule has 4 rings (SSSR count). The quantitative estimate of drug-likeness (QED) is 0.210. The van der Waals surface area contributed by atoms with Crippen LogP contribution in [0.5, 0.6) is 0 Å². The number of fused-ring (bicyclic) bond motifs is 1. The van der Waals surface area contributed by atoms with Crippen LogP contribution in [0.3, 0.4) is 0 Å². The molecule has 2 heterocycles. The highest BCUT2D eigenvalue weighted by Gasteiger charge is 2.34. The average molecular weight is 513 g/mol. The Kier molecular flexibility index (Phi) is 6.73. The number of aliphatic carboxylic acids is 1. The van der Waals surface area contributed by atoms with Gasteiger partial charge in [0, 0.05) is 27.5 Å². The monoisotopic (exact) mass is 512 g/mol. The van der Waals surface area contributed by atoms with Crippen LogP contribution >= 0.6 is 34.4 Å². The van der Waals surface area contributed by atoms with Gasteiger partial charge in [0.05, 0.1) is 32.9 Å². The van der Waals surface area contributed by atoms with Gasteiger partial charge in [-0.25, -0.2) is 14.4 Å². The second-order valence-corrected chi connectivity index (χ2v) is 10.3. The van der Waals surface area contributed by atoms with E-state index in [1.807, 2.05) is 25.1 Å². The predicted octanol–water partition coefficient (Wildman–Crippen LogP) is 7.20. The summed E-state index contributed by atoms with van der Waals surface area (Å²) >= 11 is 4.33. The maximum Gasteiger partial charge on any atom is 0.419 e. The first kappa shape index (κ1) is 23.7. The number of hydrogen-bond donors (Lipinski definition) is 1. The second kappa shape index (κ2) is 9.40. The minimum absolute atomic E-state index is 0.0235. The van der Waals surface area contributed by atoms with E-state index in [1.165, 1.54) is 28.7 Å². The Morgan fingerprint density at radius 2 is 1.94 bits per heavy atom. The van der Waals surface area contributed by atoms with Crippen LogP contribution in [0.25, 0.3) is 20.8 Å². The molecule has 0 aliphatic heterocycles. The van der Waals surface area contributed by atoms with Gasteiger partial charge >= 0.3 is 12.1 Å². The highest BCUT2D eigenvalue weighted by Crippen LogP contribution is 2.38. The van der Waals surface area contributed by atoms with E-state index in [9.17, 15) is 22.4 Å². The lowest BCUT2D eigenvalue weighted by molar-refractivity contribution is -0.140. The van der Waals surface area contributed by atoms with Crippen molar-refractivity contribution in [3.05, 3.63) is 63.4 Å². The van der Waals surface area contributed by atoms with Gasteiger partial charge in [0.25, 0.3) is 0 Å². The summed E-state index contributed by atoms with van der Waals surface area (Å²) in [5.41, 5.74) is 0.555. The van der Waals surface area contributed by atoms with Crippen molar-refractivity contribution < 1.29 is 27.5 Å². The molecule has 0 saturated heterocycles. The van der Waals surface area contributed by atoms with Gasteiger partial charge in [-0.15, -0.1) is 34.4 Å². The van der Waals surface area contributed by atoms with Crippen LogP contribution < -0.4 is 0 Å². The molecule has 0 spiro atoms. The Balaban J connectivity index is 1.53. The van der Waals surface area contributed by atoms with Gasteiger partial charge in [-0.2, -0.15) is 13.2 Å². The maximum absolute atomic E-state index is 14.0. The molecule has 0 amide bonds. The van der Waals surface area contributed by atoms with Gasteiger partial charge in [0.1, 0.15) is 10.8 Å². The first-order valence-electron chi connectivity index (χ1n) is 9.68. The molecule has 0 atom stereocenters. The van der Waals surface area contributed by atoms with Crippen molar-refractivity contribution in [1.82, 2.24) is 9.97 Å². The lowest BCUT2D eigenvalue weighted by atomic mass is 10.1. The van der Waals surface area contributed by atoms with E-state index >= 15 is 0 Å². The zero-order chi connectivity index (χ0) is 23.8. The molecule has 1 N–H and O–H groups in total. The van der Waals surface area contributed by atoms with Crippen molar-refractivity contribution >= 4 is 50.6 Å². The molecule has 0 saturated carbocycles. The van der Waals surface area contributed by atoms with E-state index in [0.717, 1.165) is 42.8 Å². The molecule has 0 fully saturated rings. The second-order valence-electron chi connectivity index (χ2n) is 7.11. The summed E-state index contributed by atoms with van der Waals surface area (Å²) in [7, 11) is 0. The van der Waals surface area contributed by atoms with Gasteiger partial charge in [-0.3, -0.25) is 4.79 Å². The largest absolute Gasteiger partial charge is 0.481 e. The lowest BCUT2D eigenvalue weighted by Crippen LogP contribution is -2.07. The molecule has 0 unspecified atom stereocenters. The minimum Gasteiger partial charge on any atom is -0.481 e. The molecular formula is C22H16F4N2O2S3. The van der Waals surface area contributed by atoms with Crippen LogP contribution in [0.1, 0.15) is 27.6 Å². The highest BCUT2D eigenvalue weighted by molar-refractivity contribution is 7.98. The Hall–Kier alpha value is -2.50. The first-order chi connectivity index (χ1) is 15.6. The van der Waals surface area contributed by atoms with Crippen LogP contribution in [0, 0.1) is 12.7 Å². The van der Waals surface area contributed by atoms with E-state index in [4.69, 9.17) is 5.11 Å². The molecule has 0 aliphatic rings. The van der Waals surface area contributed by atoms with Crippen LogP contribution in [0.4, 0.5) is 17.6 Å². The van der Waals surface area contributed by atoms with Crippen LogP contribution in [0.15, 0.2) is 41.3 Å². The third kappa shape index (κ3) is 5.36. The number of carbonyl (C=O) groups is 1. The summed E-state index contributed by atoms with van der Waals surface area (Å²) in [6.07, 6.45) is -4.34. The van der Waals surface area contributed by atoms with Crippen LogP contribution in [-0.2, 0) is 23.1 Å². The van der Waals surface area contributed by atoms with E-state index in [0.29, 0.717) is 22.7 Å². The fourth-order valence-corrected chi connectivity index (χ4v) is 6.40. The van der Waals surface area contributed by atoms with Crippen molar-refractivity contribution in [2.75, 3.05) is 0 Å². The number of thiazole rings is 2. The SMILES string of the molecule is Cc1nc(-c2ccc(C(F)(F)F)c(F)c2)sc1CSc1cccc2sc(CCC(=O)O)nc12. The molecule has 4 nitrogen and oxygen atoms in total. The third-order valence-electron chi connectivity index (χ3n) is 4.75. The number of halogens is 4. The number of alkyl halides is 3. The summed E-state index contributed by atoms with van der Waals surface area (Å²) in [5, 5.41) is 10.1. The van der Waals surface area contributed by atoms with E-state index in [-0.39, 0.29) is 6.42 Å². The Labute approximate surface area is 198 Å². The number of thioether (sulfide) groups is 1. The smallest absolute Gasteiger partial charge is 0.419 e. The zero-order valence-corrected chi connectivity index (χ0v) is 19.5. The maximum atomic E-state index is 14.0. The van der Waals surface area contributed by atoms with E-state index in [1.54, 1.807) is 11.8 Å². The van der Waals surface area contributed by atoms with Crippen molar-refractivity contribution in [2.24, 2.45) is 0 Å². The summed E-state index contributed by atoms with van der Waals surface area (Å²) in [6, 6.07) is 8.63. The standard InChI is InChI=1S/C22H16F4N2O2S3/c1-11-17(33-21(27-11)12-5-6-13(14(23)9-12)22(24,25)26)10-31-15-3-2-4-16-20(15)28-18(32-16)7-8-19(29)30/h2-6,9H,7-8,10H2,1H3,(H,29,30). The summed E-state index contributed by atoms with van der Waals surface area (Å²) in [6.45, 7) is 1.81. The number of nitrogens with zero attached hydrogens (tertiary/aromatic N) is 2. The number of benzene rings is 2. The fraction of sp³-hybridized carbons (Fsp3) is 0.227. The molecule has 2 aromatic carbocycles. The first-order valence-corrected chi connectivity index (χ1v) is 12.3. The van der Waals surface area contributed by atoms with Gasteiger partial charge < -0.3 is 5.11 Å². The molecule has 33 heavy (non-hydrogen) atoms. The number of aromatic nitrogens is 2. The topological polar surface area (TPSA) is 63.1 Å². The Morgan fingerprint density at radius 1 is 1.15 bits per heavy atom. The molecule has 0 bridgehead atoms. The van der Waals surface area contributed by atoms with Gasteiger partial charge in [0.2, 0.25) is 0 Å². The molecule has 11 heteroatoms. The van der Waals surface area contributed by atoms with Crippen LogP contribution in [-0.4, -0.2) is 21.0 Å². The average Bonchev–Trinajstić information content (AvgIpc) is 3.33.